The molecule has 2 aliphatic heterocycles. The van der Waals surface area contributed by atoms with Gasteiger partial charge in [-0.2, -0.15) is 0 Å². The summed E-state index contributed by atoms with van der Waals surface area (Å²) in [5.41, 5.74) is 0. The first-order chi connectivity index (χ1) is 9.08. The Morgan fingerprint density at radius 3 is 2.53 bits per heavy atom. The first-order valence-electron chi connectivity index (χ1n) is 6.83. The lowest BCUT2D eigenvalue weighted by Gasteiger charge is -2.28. The van der Waals surface area contributed by atoms with Gasteiger partial charge in [0.1, 0.15) is 6.10 Å². The van der Waals surface area contributed by atoms with Crippen LogP contribution in [0.4, 0.5) is 0 Å². The topological polar surface area (TPSA) is 76.1 Å². The van der Waals surface area contributed by atoms with Gasteiger partial charge < -0.3 is 19.5 Å². The molecule has 0 radical (unpaired) electrons. The van der Waals surface area contributed by atoms with Crippen LogP contribution in [0, 0.1) is 0 Å². The third-order valence-corrected chi connectivity index (χ3v) is 3.70. The van der Waals surface area contributed by atoms with E-state index in [-0.39, 0.29) is 12.0 Å². The molecular weight excluding hydrogens is 250 g/mol. The number of ether oxygens (including phenoxy) is 2. The van der Waals surface area contributed by atoms with Gasteiger partial charge in [-0.25, -0.2) is 4.79 Å². The van der Waals surface area contributed by atoms with Crippen molar-refractivity contribution in [1.82, 2.24) is 4.90 Å². The normalized spacial score (nSPS) is 31.1. The van der Waals surface area contributed by atoms with E-state index in [9.17, 15) is 9.59 Å². The fourth-order valence-electron chi connectivity index (χ4n) is 2.59. The molecule has 19 heavy (non-hydrogen) atoms. The molecule has 0 saturated carbocycles. The van der Waals surface area contributed by atoms with Crippen LogP contribution in [-0.4, -0.2) is 60.4 Å². The van der Waals surface area contributed by atoms with Crippen LogP contribution in [0.5, 0.6) is 0 Å². The number of likely N-dealkylation sites (N-methyl/N-ethyl adjacent to an activating group) is 1. The highest BCUT2D eigenvalue weighted by atomic mass is 16.5. The van der Waals surface area contributed by atoms with Crippen LogP contribution in [0.1, 0.15) is 32.1 Å². The van der Waals surface area contributed by atoms with E-state index in [2.05, 4.69) is 0 Å². The monoisotopic (exact) mass is 271 g/mol. The molecule has 0 aliphatic carbocycles. The van der Waals surface area contributed by atoms with Crippen LogP contribution in [-0.2, 0) is 19.1 Å². The Kier molecular flexibility index (Phi) is 4.76. The predicted molar refractivity (Wildman–Crippen MR) is 66.8 cm³/mol. The minimum atomic E-state index is -0.992. The van der Waals surface area contributed by atoms with Crippen molar-refractivity contribution in [2.45, 2.75) is 50.4 Å². The molecule has 108 valence electrons. The Morgan fingerprint density at radius 2 is 1.95 bits per heavy atom. The third kappa shape index (κ3) is 3.67. The van der Waals surface area contributed by atoms with Gasteiger partial charge in [0.25, 0.3) is 5.91 Å². The van der Waals surface area contributed by atoms with E-state index in [0.29, 0.717) is 19.4 Å². The summed E-state index contributed by atoms with van der Waals surface area (Å²) in [5, 5.41) is 8.84. The molecule has 0 aromatic carbocycles. The highest BCUT2D eigenvalue weighted by Gasteiger charge is 2.36. The van der Waals surface area contributed by atoms with Crippen molar-refractivity contribution < 1.29 is 24.2 Å². The summed E-state index contributed by atoms with van der Waals surface area (Å²) in [6.07, 6.45) is 2.71. The lowest BCUT2D eigenvalue weighted by atomic mass is 10.1. The number of hydrogen-bond donors (Lipinski definition) is 1. The van der Waals surface area contributed by atoms with Crippen molar-refractivity contribution in [2.75, 3.05) is 20.2 Å². The fourth-order valence-corrected chi connectivity index (χ4v) is 2.59. The zero-order chi connectivity index (χ0) is 13.8. The molecule has 0 aromatic rings. The number of rotatable bonds is 4. The van der Waals surface area contributed by atoms with E-state index in [4.69, 9.17) is 14.6 Å². The van der Waals surface area contributed by atoms with Gasteiger partial charge in [0.2, 0.25) is 0 Å². The van der Waals surface area contributed by atoms with Crippen LogP contribution in [0.2, 0.25) is 0 Å². The number of carbonyl (C=O) groups is 2. The van der Waals surface area contributed by atoms with Gasteiger partial charge in [-0.3, -0.25) is 4.79 Å². The first kappa shape index (κ1) is 14.3. The quantitative estimate of drug-likeness (QED) is 0.812. The molecule has 0 aromatic heterocycles. The van der Waals surface area contributed by atoms with Gasteiger partial charge in [-0.1, -0.05) is 0 Å². The van der Waals surface area contributed by atoms with E-state index in [0.717, 1.165) is 25.9 Å². The summed E-state index contributed by atoms with van der Waals surface area (Å²) >= 11 is 0. The maximum atomic E-state index is 12.1. The van der Waals surface area contributed by atoms with Gasteiger partial charge in [0.05, 0.1) is 6.10 Å². The number of carbonyl (C=O) groups excluding carboxylic acids is 1. The predicted octanol–water partition coefficient (Wildman–Crippen LogP) is 0.646. The van der Waals surface area contributed by atoms with Gasteiger partial charge in [0.15, 0.2) is 6.10 Å². The molecule has 0 bridgehead atoms. The second kappa shape index (κ2) is 6.34. The average Bonchev–Trinajstić information content (AvgIpc) is 2.88. The summed E-state index contributed by atoms with van der Waals surface area (Å²) in [7, 11) is 1.72. The van der Waals surface area contributed by atoms with E-state index in [1.54, 1.807) is 11.9 Å². The molecule has 6 heteroatoms. The molecule has 2 heterocycles. The number of nitrogens with zero attached hydrogens (tertiary/aromatic N) is 1. The fraction of sp³-hybridized carbons (Fsp3) is 0.846. The van der Waals surface area contributed by atoms with Crippen LogP contribution >= 0.6 is 0 Å². The van der Waals surface area contributed by atoms with Crippen molar-refractivity contribution in [1.29, 1.82) is 0 Å². The molecule has 3 atom stereocenters. The van der Waals surface area contributed by atoms with Crippen molar-refractivity contribution in [3.63, 3.8) is 0 Å². The van der Waals surface area contributed by atoms with Crippen molar-refractivity contribution in [3.8, 4) is 0 Å². The van der Waals surface area contributed by atoms with Crippen LogP contribution in [0.15, 0.2) is 0 Å². The van der Waals surface area contributed by atoms with Crippen LogP contribution in [0.25, 0.3) is 0 Å². The Hall–Kier alpha value is -1.14. The van der Waals surface area contributed by atoms with Crippen molar-refractivity contribution in [3.05, 3.63) is 0 Å². The summed E-state index contributed by atoms with van der Waals surface area (Å²) in [6, 6.07) is 0. The second-order valence-electron chi connectivity index (χ2n) is 5.24. The maximum Gasteiger partial charge on any atom is 0.332 e. The molecule has 1 amide bonds. The molecule has 1 N–H and O–H groups in total. The highest BCUT2D eigenvalue weighted by molar-refractivity contribution is 5.82. The Morgan fingerprint density at radius 1 is 1.21 bits per heavy atom. The molecule has 3 unspecified atom stereocenters. The third-order valence-electron chi connectivity index (χ3n) is 3.70. The summed E-state index contributed by atoms with van der Waals surface area (Å²) < 4.78 is 10.9. The second-order valence-corrected chi connectivity index (χ2v) is 5.24. The smallest absolute Gasteiger partial charge is 0.332 e. The largest absolute Gasteiger partial charge is 0.479 e. The van der Waals surface area contributed by atoms with E-state index < -0.39 is 18.2 Å². The van der Waals surface area contributed by atoms with E-state index in [1.165, 1.54) is 0 Å². The Balaban J connectivity index is 1.80. The molecule has 6 nitrogen and oxygen atoms in total. The van der Waals surface area contributed by atoms with Gasteiger partial charge >= 0.3 is 5.97 Å². The van der Waals surface area contributed by atoms with Crippen molar-refractivity contribution in [2.24, 2.45) is 0 Å². The first-order valence-corrected chi connectivity index (χ1v) is 6.83. The molecular formula is C13H21NO5. The van der Waals surface area contributed by atoms with Gasteiger partial charge in [0, 0.05) is 20.2 Å². The number of amides is 1. The number of hydrogen-bond acceptors (Lipinski definition) is 4. The standard InChI is InChI=1S/C13H21NO5/c1-14(8-9-4-2-3-7-18-9)12(15)10-5-6-11(19-10)13(16)17/h9-11H,2-8H2,1H3,(H,16,17). The van der Waals surface area contributed by atoms with E-state index in [1.807, 2.05) is 0 Å². The molecule has 2 fully saturated rings. The molecule has 2 rings (SSSR count). The maximum absolute atomic E-state index is 12.1. The summed E-state index contributed by atoms with van der Waals surface area (Å²) in [4.78, 5) is 24.5. The SMILES string of the molecule is CN(CC1CCCCO1)C(=O)C1CCC(C(=O)O)O1. The van der Waals surface area contributed by atoms with Crippen LogP contribution in [0.3, 0.4) is 0 Å². The number of carboxylic acid groups (broad SMARTS) is 1. The Labute approximate surface area is 112 Å². The number of aliphatic carboxylic acids is 1. The molecule has 2 aliphatic rings. The van der Waals surface area contributed by atoms with Crippen molar-refractivity contribution >= 4 is 11.9 Å². The van der Waals surface area contributed by atoms with Gasteiger partial charge in [-0.15, -0.1) is 0 Å². The average molecular weight is 271 g/mol. The Bertz CT molecular complexity index is 340. The van der Waals surface area contributed by atoms with Crippen LogP contribution < -0.4 is 0 Å². The lowest BCUT2D eigenvalue weighted by molar-refractivity contribution is -0.155. The lowest BCUT2D eigenvalue weighted by Crippen LogP contribution is -2.42. The molecule has 2 saturated heterocycles. The minimum absolute atomic E-state index is 0.0966. The molecule has 0 spiro atoms. The minimum Gasteiger partial charge on any atom is -0.479 e. The highest BCUT2D eigenvalue weighted by Crippen LogP contribution is 2.22. The zero-order valence-electron chi connectivity index (χ0n) is 11.2. The number of carboxylic acids is 1. The van der Waals surface area contributed by atoms with E-state index >= 15 is 0 Å². The van der Waals surface area contributed by atoms with Gasteiger partial charge in [-0.05, 0) is 32.1 Å². The summed E-state index contributed by atoms with van der Waals surface area (Å²) in [6.45, 7) is 1.31. The summed E-state index contributed by atoms with van der Waals surface area (Å²) in [5.74, 6) is -1.13. The zero-order valence-corrected chi connectivity index (χ0v) is 11.2.